The SMILES string of the molecule is COc1ccccc1NC(=O)C1=C(C)Nc2ncnn2C1c1ccc(C(F)(F)F)cc1. The van der Waals surface area contributed by atoms with Crippen LogP contribution in [-0.4, -0.2) is 27.8 Å². The molecule has 160 valence electrons. The number of ether oxygens (including phenoxy) is 1. The molecule has 1 aliphatic rings. The number of halogens is 3. The van der Waals surface area contributed by atoms with Crippen molar-refractivity contribution in [3.63, 3.8) is 0 Å². The van der Waals surface area contributed by atoms with Gasteiger partial charge in [0.15, 0.2) is 0 Å². The summed E-state index contributed by atoms with van der Waals surface area (Å²) in [4.78, 5) is 17.4. The highest BCUT2D eigenvalue weighted by Gasteiger charge is 2.35. The molecule has 3 aromatic rings. The number of hydrogen-bond donors (Lipinski definition) is 2. The highest BCUT2D eigenvalue weighted by molar-refractivity contribution is 6.06. The molecule has 7 nitrogen and oxygen atoms in total. The van der Waals surface area contributed by atoms with Crippen molar-refractivity contribution < 1.29 is 22.7 Å². The summed E-state index contributed by atoms with van der Waals surface area (Å²) < 4.78 is 45.8. The Labute approximate surface area is 175 Å². The van der Waals surface area contributed by atoms with Gasteiger partial charge in [-0.1, -0.05) is 24.3 Å². The van der Waals surface area contributed by atoms with E-state index in [1.165, 1.54) is 30.3 Å². The molecule has 0 fully saturated rings. The number of anilines is 2. The summed E-state index contributed by atoms with van der Waals surface area (Å²) >= 11 is 0. The zero-order valence-electron chi connectivity index (χ0n) is 16.6. The normalized spacial score (nSPS) is 15.8. The Morgan fingerprint density at radius 1 is 1.16 bits per heavy atom. The van der Waals surface area contributed by atoms with Crippen LogP contribution in [-0.2, 0) is 11.0 Å². The molecule has 1 aromatic heterocycles. The Hall–Kier alpha value is -3.82. The average Bonchev–Trinajstić information content (AvgIpc) is 3.20. The van der Waals surface area contributed by atoms with Gasteiger partial charge in [0, 0.05) is 5.70 Å². The lowest BCUT2D eigenvalue weighted by Gasteiger charge is -2.29. The number of alkyl halides is 3. The summed E-state index contributed by atoms with van der Waals surface area (Å²) in [6.45, 7) is 1.70. The van der Waals surface area contributed by atoms with E-state index < -0.39 is 23.7 Å². The minimum Gasteiger partial charge on any atom is -0.495 e. The van der Waals surface area contributed by atoms with Crippen molar-refractivity contribution in [3.05, 3.63) is 77.3 Å². The highest BCUT2D eigenvalue weighted by atomic mass is 19.4. The number of fused-ring (bicyclic) bond motifs is 1. The molecule has 1 amide bonds. The molecule has 0 spiro atoms. The third-order valence-electron chi connectivity index (χ3n) is 4.95. The molecular formula is C21H18F3N5O2. The second-order valence-electron chi connectivity index (χ2n) is 6.87. The van der Waals surface area contributed by atoms with Gasteiger partial charge in [-0.15, -0.1) is 0 Å². The van der Waals surface area contributed by atoms with Gasteiger partial charge >= 0.3 is 6.18 Å². The number of amides is 1. The van der Waals surface area contributed by atoms with Crippen molar-refractivity contribution in [1.82, 2.24) is 14.8 Å². The van der Waals surface area contributed by atoms with Crippen LogP contribution in [0.4, 0.5) is 24.8 Å². The van der Waals surface area contributed by atoms with Gasteiger partial charge in [-0.2, -0.15) is 23.3 Å². The number of methoxy groups -OCH3 is 1. The summed E-state index contributed by atoms with van der Waals surface area (Å²) in [7, 11) is 1.49. The largest absolute Gasteiger partial charge is 0.495 e. The minimum atomic E-state index is -4.46. The van der Waals surface area contributed by atoms with Crippen LogP contribution in [0.2, 0.25) is 0 Å². The van der Waals surface area contributed by atoms with Gasteiger partial charge in [-0.05, 0) is 36.8 Å². The van der Waals surface area contributed by atoms with Crippen molar-refractivity contribution in [2.75, 3.05) is 17.7 Å². The van der Waals surface area contributed by atoms with Crippen LogP contribution in [0.25, 0.3) is 0 Å². The average molecular weight is 429 g/mol. The van der Waals surface area contributed by atoms with Crippen molar-refractivity contribution in [1.29, 1.82) is 0 Å². The first-order valence-electron chi connectivity index (χ1n) is 9.28. The van der Waals surface area contributed by atoms with Crippen molar-refractivity contribution in [2.24, 2.45) is 0 Å². The first-order valence-corrected chi connectivity index (χ1v) is 9.28. The number of aromatic nitrogens is 3. The van der Waals surface area contributed by atoms with Gasteiger partial charge < -0.3 is 15.4 Å². The highest BCUT2D eigenvalue weighted by Crippen LogP contribution is 2.37. The van der Waals surface area contributed by atoms with E-state index in [9.17, 15) is 18.0 Å². The lowest BCUT2D eigenvalue weighted by Crippen LogP contribution is -2.31. The third kappa shape index (κ3) is 3.83. The first-order chi connectivity index (χ1) is 14.8. The van der Waals surface area contributed by atoms with E-state index in [-0.39, 0.29) is 0 Å². The second kappa shape index (κ2) is 7.78. The predicted molar refractivity (Wildman–Crippen MR) is 108 cm³/mol. The summed E-state index contributed by atoms with van der Waals surface area (Å²) in [6.07, 6.45) is -3.14. The van der Waals surface area contributed by atoms with Gasteiger partial charge in [0.25, 0.3) is 5.91 Å². The number of rotatable bonds is 4. The number of carbonyl (C=O) groups excluding carboxylic acids is 1. The molecule has 4 rings (SSSR count). The molecule has 0 saturated heterocycles. The third-order valence-corrected chi connectivity index (χ3v) is 4.95. The Balaban J connectivity index is 1.75. The molecule has 31 heavy (non-hydrogen) atoms. The lowest BCUT2D eigenvalue weighted by molar-refractivity contribution is -0.137. The first kappa shape index (κ1) is 20.5. The maximum atomic E-state index is 13.3. The number of nitrogens with zero attached hydrogens (tertiary/aromatic N) is 3. The van der Waals surface area contributed by atoms with Crippen LogP contribution in [0, 0.1) is 0 Å². The fourth-order valence-electron chi connectivity index (χ4n) is 3.49. The van der Waals surface area contributed by atoms with Gasteiger partial charge in [0.05, 0.1) is 23.9 Å². The molecule has 2 heterocycles. The standard InChI is InChI=1S/C21H18F3N5O2/c1-12-17(19(30)28-15-5-3-4-6-16(15)31-2)18(29-20(27-12)25-11-26-29)13-7-9-14(10-8-13)21(22,23)24/h3-11,18H,1-2H3,(H,28,30)(H,25,26,27). The Bertz CT molecular complexity index is 1150. The van der Waals surface area contributed by atoms with Crippen LogP contribution in [0.3, 0.4) is 0 Å². The van der Waals surface area contributed by atoms with E-state index >= 15 is 0 Å². The number of hydrogen-bond acceptors (Lipinski definition) is 5. The van der Waals surface area contributed by atoms with E-state index in [0.29, 0.717) is 34.2 Å². The number of benzene rings is 2. The smallest absolute Gasteiger partial charge is 0.416 e. The summed E-state index contributed by atoms with van der Waals surface area (Å²) in [5.41, 5.74) is 0.961. The van der Waals surface area contributed by atoms with Crippen LogP contribution in [0.5, 0.6) is 5.75 Å². The van der Waals surface area contributed by atoms with E-state index in [4.69, 9.17) is 4.74 Å². The van der Waals surface area contributed by atoms with Crippen LogP contribution < -0.4 is 15.4 Å². The van der Waals surface area contributed by atoms with Crippen molar-refractivity contribution in [2.45, 2.75) is 19.1 Å². The molecule has 0 saturated carbocycles. The zero-order valence-corrected chi connectivity index (χ0v) is 16.6. The zero-order chi connectivity index (χ0) is 22.2. The topological polar surface area (TPSA) is 81.1 Å². The molecule has 10 heteroatoms. The summed E-state index contributed by atoms with van der Waals surface area (Å²) in [5, 5.41) is 10.0. The van der Waals surface area contributed by atoms with Gasteiger partial charge in [-0.3, -0.25) is 4.79 Å². The maximum Gasteiger partial charge on any atom is 0.416 e. The van der Waals surface area contributed by atoms with Crippen molar-refractivity contribution in [3.8, 4) is 5.75 Å². The Kier molecular flexibility index (Phi) is 5.14. The monoisotopic (exact) mass is 429 g/mol. The van der Waals surface area contributed by atoms with Gasteiger partial charge in [0.2, 0.25) is 5.95 Å². The molecule has 1 unspecified atom stereocenters. The summed E-state index contributed by atoms with van der Waals surface area (Å²) in [6, 6.07) is 10.8. The molecule has 1 aliphatic heterocycles. The van der Waals surface area contributed by atoms with Crippen molar-refractivity contribution >= 4 is 17.5 Å². The molecule has 0 bridgehead atoms. The molecule has 2 aromatic carbocycles. The van der Waals surface area contributed by atoms with E-state index in [0.717, 1.165) is 12.1 Å². The molecular weight excluding hydrogens is 411 g/mol. The Morgan fingerprint density at radius 2 is 1.87 bits per heavy atom. The number of carbonyl (C=O) groups is 1. The van der Waals surface area contributed by atoms with E-state index in [1.54, 1.807) is 31.2 Å². The lowest BCUT2D eigenvalue weighted by atomic mass is 9.94. The fourth-order valence-corrected chi connectivity index (χ4v) is 3.49. The van der Waals surface area contributed by atoms with E-state index in [1.807, 2.05) is 0 Å². The Morgan fingerprint density at radius 3 is 2.55 bits per heavy atom. The maximum absolute atomic E-state index is 13.3. The molecule has 2 N–H and O–H groups in total. The summed E-state index contributed by atoms with van der Waals surface area (Å²) in [5.74, 6) is 0.419. The van der Waals surface area contributed by atoms with Crippen LogP contribution in [0.1, 0.15) is 24.1 Å². The predicted octanol–water partition coefficient (Wildman–Crippen LogP) is 4.23. The quantitative estimate of drug-likeness (QED) is 0.649. The number of nitrogens with one attached hydrogen (secondary N) is 2. The molecule has 0 radical (unpaired) electrons. The minimum absolute atomic E-state index is 0.295. The van der Waals surface area contributed by atoms with Crippen LogP contribution in [0.15, 0.2) is 66.1 Å². The second-order valence-corrected chi connectivity index (χ2v) is 6.87. The molecule has 1 atom stereocenters. The number of allylic oxidation sites excluding steroid dienone is 1. The molecule has 0 aliphatic carbocycles. The van der Waals surface area contributed by atoms with Gasteiger partial charge in [0.1, 0.15) is 18.1 Å². The number of para-hydroxylation sites is 2. The van der Waals surface area contributed by atoms with Gasteiger partial charge in [-0.25, -0.2) is 4.68 Å². The van der Waals surface area contributed by atoms with E-state index in [2.05, 4.69) is 20.7 Å². The fraction of sp³-hybridized carbons (Fsp3) is 0.190. The van der Waals surface area contributed by atoms with Crippen LogP contribution >= 0.6 is 0 Å².